The summed E-state index contributed by atoms with van der Waals surface area (Å²) in [7, 11) is 0. The number of amides is 1. The van der Waals surface area contributed by atoms with Crippen LogP contribution in [0.25, 0.3) is 5.69 Å². The molecule has 2 atom stereocenters. The summed E-state index contributed by atoms with van der Waals surface area (Å²) in [6.07, 6.45) is 5.31. The lowest BCUT2D eigenvalue weighted by atomic mass is 9.67. The van der Waals surface area contributed by atoms with E-state index in [0.29, 0.717) is 23.3 Å². The van der Waals surface area contributed by atoms with Crippen LogP contribution in [-0.2, 0) is 0 Å². The second-order valence-corrected chi connectivity index (χ2v) is 8.49. The molecule has 7 heteroatoms. The van der Waals surface area contributed by atoms with Gasteiger partial charge in [-0.05, 0) is 49.7 Å². The minimum Gasteiger partial charge on any atom is -0.346 e. The van der Waals surface area contributed by atoms with E-state index in [4.69, 9.17) is 5.73 Å². The standard InChI is InChI=1S/C21H28FN5O/c1-12(2)20-25-19(26-27(20)17-9-4-3-8-16(17)22)21(28)24-18-13-6-5-7-14(18)11-15(23)10-13/h3-4,8-9,12-15,18H,5-7,10-11,23H2,1-2H3,(H,24,28). The first-order valence-corrected chi connectivity index (χ1v) is 10.2. The molecule has 2 aromatic rings. The van der Waals surface area contributed by atoms with Gasteiger partial charge < -0.3 is 11.1 Å². The minimum atomic E-state index is -0.392. The van der Waals surface area contributed by atoms with Crippen LogP contribution in [0.4, 0.5) is 4.39 Å². The fourth-order valence-electron chi connectivity index (χ4n) is 4.84. The lowest BCUT2D eigenvalue weighted by Crippen LogP contribution is -2.53. The van der Waals surface area contributed by atoms with E-state index in [1.807, 2.05) is 13.8 Å². The predicted molar refractivity (Wildman–Crippen MR) is 105 cm³/mol. The van der Waals surface area contributed by atoms with Gasteiger partial charge in [-0.3, -0.25) is 4.79 Å². The molecule has 1 aromatic carbocycles. The smallest absolute Gasteiger partial charge is 0.291 e. The third-order valence-corrected chi connectivity index (χ3v) is 6.11. The maximum atomic E-state index is 14.3. The van der Waals surface area contributed by atoms with Gasteiger partial charge in [-0.25, -0.2) is 14.1 Å². The van der Waals surface area contributed by atoms with E-state index in [1.54, 1.807) is 18.2 Å². The number of hydrogen-bond acceptors (Lipinski definition) is 4. The van der Waals surface area contributed by atoms with E-state index in [2.05, 4.69) is 15.4 Å². The summed E-state index contributed by atoms with van der Waals surface area (Å²) < 4.78 is 15.7. The number of nitrogens with zero attached hydrogens (tertiary/aromatic N) is 3. The van der Waals surface area contributed by atoms with Crippen molar-refractivity contribution in [3.05, 3.63) is 41.7 Å². The summed E-state index contributed by atoms with van der Waals surface area (Å²) in [6.45, 7) is 3.91. The zero-order valence-electron chi connectivity index (χ0n) is 16.4. The highest BCUT2D eigenvalue weighted by Crippen LogP contribution is 2.39. The Hall–Kier alpha value is -2.28. The fourth-order valence-corrected chi connectivity index (χ4v) is 4.84. The minimum absolute atomic E-state index is 0.000663. The molecule has 2 unspecified atom stereocenters. The van der Waals surface area contributed by atoms with Crippen molar-refractivity contribution in [1.82, 2.24) is 20.1 Å². The number of aromatic nitrogens is 3. The van der Waals surface area contributed by atoms with Gasteiger partial charge in [0.05, 0.1) is 0 Å². The highest BCUT2D eigenvalue weighted by Gasteiger charge is 2.40. The topological polar surface area (TPSA) is 85.8 Å². The van der Waals surface area contributed by atoms with Crippen LogP contribution in [0.1, 0.15) is 68.3 Å². The van der Waals surface area contributed by atoms with Crippen molar-refractivity contribution < 1.29 is 9.18 Å². The van der Waals surface area contributed by atoms with E-state index in [-0.39, 0.29) is 29.7 Å². The van der Waals surface area contributed by atoms with Crippen molar-refractivity contribution in [1.29, 1.82) is 0 Å². The molecular formula is C21H28FN5O. The van der Waals surface area contributed by atoms with E-state index >= 15 is 0 Å². The largest absolute Gasteiger partial charge is 0.346 e. The molecular weight excluding hydrogens is 357 g/mol. The van der Waals surface area contributed by atoms with Crippen LogP contribution in [0.5, 0.6) is 0 Å². The zero-order valence-corrected chi connectivity index (χ0v) is 16.4. The second kappa shape index (κ2) is 7.62. The number of nitrogens with two attached hydrogens (primary N) is 1. The van der Waals surface area contributed by atoms with Gasteiger partial charge in [0.2, 0.25) is 5.82 Å². The molecule has 2 aliphatic rings. The number of carbonyl (C=O) groups is 1. The van der Waals surface area contributed by atoms with Crippen LogP contribution < -0.4 is 11.1 Å². The van der Waals surface area contributed by atoms with Gasteiger partial charge in [-0.2, -0.15) is 0 Å². The van der Waals surface area contributed by atoms with Crippen molar-refractivity contribution in [2.45, 2.75) is 64.0 Å². The van der Waals surface area contributed by atoms with Gasteiger partial charge in [0.25, 0.3) is 5.91 Å². The highest BCUT2D eigenvalue weighted by molar-refractivity contribution is 5.90. The van der Waals surface area contributed by atoms with Crippen molar-refractivity contribution in [2.24, 2.45) is 17.6 Å². The summed E-state index contributed by atoms with van der Waals surface area (Å²) in [5, 5.41) is 7.54. The third-order valence-electron chi connectivity index (χ3n) is 6.11. The summed E-state index contributed by atoms with van der Waals surface area (Å²) >= 11 is 0. The molecule has 2 aliphatic carbocycles. The number of carbonyl (C=O) groups excluding carboxylic acids is 1. The highest BCUT2D eigenvalue weighted by atomic mass is 19.1. The van der Waals surface area contributed by atoms with Crippen LogP contribution in [0, 0.1) is 17.7 Å². The van der Waals surface area contributed by atoms with E-state index in [1.165, 1.54) is 17.2 Å². The Morgan fingerprint density at radius 2 is 1.93 bits per heavy atom. The lowest BCUT2D eigenvalue weighted by Gasteiger charge is -2.45. The molecule has 2 bridgehead atoms. The average molecular weight is 385 g/mol. The van der Waals surface area contributed by atoms with Gasteiger partial charge in [0.15, 0.2) is 0 Å². The van der Waals surface area contributed by atoms with Gasteiger partial charge >= 0.3 is 0 Å². The monoisotopic (exact) mass is 385 g/mol. The summed E-state index contributed by atoms with van der Waals surface area (Å²) in [4.78, 5) is 17.4. The molecule has 28 heavy (non-hydrogen) atoms. The molecule has 1 amide bonds. The van der Waals surface area contributed by atoms with Crippen molar-refractivity contribution >= 4 is 5.91 Å². The summed E-state index contributed by atoms with van der Waals surface area (Å²) in [6, 6.07) is 6.76. The van der Waals surface area contributed by atoms with Crippen molar-refractivity contribution in [3.8, 4) is 5.69 Å². The second-order valence-electron chi connectivity index (χ2n) is 8.49. The number of rotatable bonds is 4. The lowest BCUT2D eigenvalue weighted by molar-refractivity contribution is 0.0747. The number of para-hydroxylation sites is 1. The van der Waals surface area contributed by atoms with Gasteiger partial charge in [0, 0.05) is 18.0 Å². The van der Waals surface area contributed by atoms with Gasteiger partial charge in [-0.1, -0.05) is 32.4 Å². The SMILES string of the molecule is CC(C)c1nc(C(=O)NC2C3CCCC2CC(N)C3)nn1-c1ccccc1F. The van der Waals surface area contributed by atoms with Crippen molar-refractivity contribution in [2.75, 3.05) is 0 Å². The normalized spacial score (nSPS) is 27.0. The number of fused-ring (bicyclic) bond motifs is 2. The summed E-state index contributed by atoms with van der Waals surface area (Å²) in [5.74, 6) is 0.836. The maximum absolute atomic E-state index is 14.3. The first-order chi connectivity index (χ1) is 13.4. The van der Waals surface area contributed by atoms with Crippen LogP contribution in [-0.4, -0.2) is 32.8 Å². The van der Waals surface area contributed by atoms with E-state index in [9.17, 15) is 9.18 Å². The molecule has 1 heterocycles. The molecule has 1 aromatic heterocycles. The van der Waals surface area contributed by atoms with E-state index < -0.39 is 5.82 Å². The molecule has 6 nitrogen and oxygen atoms in total. The van der Waals surface area contributed by atoms with Crippen LogP contribution in [0.2, 0.25) is 0 Å². The Bertz CT molecular complexity index is 850. The molecule has 0 aliphatic heterocycles. The molecule has 0 radical (unpaired) electrons. The van der Waals surface area contributed by atoms with Crippen LogP contribution >= 0.6 is 0 Å². The summed E-state index contributed by atoms with van der Waals surface area (Å²) in [5.41, 5.74) is 6.49. The molecule has 3 N–H and O–H groups in total. The number of halogens is 1. The number of benzene rings is 1. The third kappa shape index (κ3) is 3.55. The molecule has 0 spiro atoms. The Morgan fingerprint density at radius 3 is 2.57 bits per heavy atom. The Morgan fingerprint density at radius 1 is 1.25 bits per heavy atom. The van der Waals surface area contributed by atoms with Gasteiger partial charge in [-0.15, -0.1) is 5.10 Å². The Kier molecular flexibility index (Phi) is 5.19. The molecule has 2 saturated carbocycles. The maximum Gasteiger partial charge on any atom is 0.291 e. The average Bonchev–Trinajstić information content (AvgIpc) is 3.08. The Balaban J connectivity index is 1.60. The molecule has 2 fully saturated rings. The molecule has 0 saturated heterocycles. The van der Waals surface area contributed by atoms with Crippen LogP contribution in [0.3, 0.4) is 0 Å². The number of nitrogens with one attached hydrogen (secondary N) is 1. The fraction of sp³-hybridized carbons (Fsp3) is 0.571. The molecule has 150 valence electrons. The predicted octanol–water partition coefficient (Wildman–Crippen LogP) is 3.17. The van der Waals surface area contributed by atoms with Crippen molar-refractivity contribution in [3.63, 3.8) is 0 Å². The molecule has 4 rings (SSSR count). The number of hydrogen-bond donors (Lipinski definition) is 2. The quantitative estimate of drug-likeness (QED) is 0.846. The first kappa shape index (κ1) is 19.1. The zero-order chi connectivity index (χ0) is 19.8. The van der Waals surface area contributed by atoms with Crippen LogP contribution in [0.15, 0.2) is 24.3 Å². The van der Waals surface area contributed by atoms with E-state index in [0.717, 1.165) is 25.7 Å². The Labute approximate surface area is 164 Å². The first-order valence-electron chi connectivity index (χ1n) is 10.2. The van der Waals surface area contributed by atoms with Gasteiger partial charge in [0.1, 0.15) is 17.3 Å².